The fourth-order valence-corrected chi connectivity index (χ4v) is 13.6. The van der Waals surface area contributed by atoms with Gasteiger partial charge in [-0.15, -0.1) is 0 Å². The van der Waals surface area contributed by atoms with Crippen LogP contribution in [0, 0.1) is 23.7 Å². The standard InChI is InChI=1S/C75H120N20O22S/c1-14-39(8)59(90-70(111)57(37(4)5)88-63(104)42(11)93(16-3)74(115)50(30-45-32-78-36-82-45)87-68(109)52-20-18-27-95(52)53(97)33-79-62(103)41(10)83-64(105)46(76)25-28-118-13)72(113)89-58(38(6)7)71(112)91-60(40(9)15-2)73(114)92-61(43(12)96)69(110)80-34-54(98)94-26-17-19-51(94)67(108)86-49(29-44-31-77-35-81-44)66(107)84-47(21-23-55(99)100)65(106)85-48(75(116)117)22-24-56(101)102/h31-32,35-43,46-52,57-61,96H,14-30,33-34,76H2,1-13H3,(H,77,81)(H,78,82)(H,79,103)(H,80,110)(H,83,105)(H,84,107)(H,85,106)(H,86,108)(H,87,109)(H,88,104)(H,89,113)(H,90,111)(H,91,112)(H,92,114)(H,99,100)(H,101,102)(H,116,117)/t39?,40?,41?,42?,43?,46?,47?,48?,49?,50?,51?,52?,57?,58?,59-,60-,61-/m1/s1. The third-order valence-electron chi connectivity index (χ3n) is 20.7. The van der Waals surface area contributed by atoms with Crippen molar-refractivity contribution in [3.8, 4) is 0 Å². The first-order chi connectivity index (χ1) is 55.6. The number of likely N-dealkylation sites (N-methyl/N-ethyl adjacent to an activating group) is 1. The number of nitrogens with two attached hydrogens (primary N) is 1. The zero-order chi connectivity index (χ0) is 88.5. The normalized spacial score (nSPS) is 17.7. The highest BCUT2D eigenvalue weighted by molar-refractivity contribution is 7.98. The second-order valence-electron chi connectivity index (χ2n) is 30.3. The smallest absolute Gasteiger partial charge is 0.326 e. The third-order valence-corrected chi connectivity index (χ3v) is 21.3. The van der Waals surface area contributed by atoms with E-state index in [1.165, 1.54) is 67.4 Å². The Morgan fingerprint density at radius 2 is 0.915 bits per heavy atom. The topological polar surface area (TPSA) is 626 Å². The van der Waals surface area contributed by atoms with E-state index in [0.29, 0.717) is 30.7 Å². The highest BCUT2D eigenvalue weighted by atomic mass is 32.2. The molecule has 20 N–H and O–H groups in total. The summed E-state index contributed by atoms with van der Waals surface area (Å²) in [5.41, 5.74) is 6.67. The van der Waals surface area contributed by atoms with Crippen molar-refractivity contribution < 1.29 is 107 Å². The Morgan fingerprint density at radius 1 is 0.500 bits per heavy atom. The van der Waals surface area contributed by atoms with Gasteiger partial charge in [-0.25, -0.2) is 14.8 Å². The van der Waals surface area contributed by atoms with Crippen molar-refractivity contribution in [3.63, 3.8) is 0 Å². The van der Waals surface area contributed by atoms with Crippen LogP contribution in [0.25, 0.3) is 0 Å². The molecule has 0 aliphatic carbocycles. The second-order valence-corrected chi connectivity index (χ2v) is 31.3. The van der Waals surface area contributed by atoms with Gasteiger partial charge in [0.25, 0.3) is 0 Å². The fraction of sp³-hybridized carbons (Fsp3) is 0.680. The molecule has 2 saturated heterocycles. The average Bonchev–Trinajstić information content (AvgIpc) is 0.967. The molecule has 4 rings (SSSR count). The van der Waals surface area contributed by atoms with Crippen LogP contribution >= 0.6 is 11.8 Å². The molecule has 0 saturated carbocycles. The lowest BCUT2D eigenvalue weighted by atomic mass is 9.94. The van der Waals surface area contributed by atoms with Crippen molar-refractivity contribution in [1.82, 2.24) is 98.4 Å². The minimum Gasteiger partial charge on any atom is -0.481 e. The lowest BCUT2D eigenvalue weighted by Crippen LogP contribution is -2.63. The molecule has 2 fully saturated rings. The molecule has 0 spiro atoms. The summed E-state index contributed by atoms with van der Waals surface area (Å²) in [5.74, 6) is -18.8. The molecular weight excluding hydrogens is 1570 g/mol. The summed E-state index contributed by atoms with van der Waals surface area (Å²) in [6, 6.07) is -19.1. The summed E-state index contributed by atoms with van der Waals surface area (Å²) in [6.07, 6.45) is 4.57. The maximum Gasteiger partial charge on any atom is 0.326 e. The van der Waals surface area contributed by atoms with E-state index in [-0.39, 0.29) is 63.9 Å². The number of nitrogens with zero attached hydrogens (tertiary/aromatic N) is 5. The number of nitrogens with one attached hydrogen (secondary N) is 14. The first kappa shape index (κ1) is 99.5. The monoisotopic (exact) mass is 1680 g/mol. The van der Waals surface area contributed by atoms with Crippen LogP contribution in [0.3, 0.4) is 0 Å². The summed E-state index contributed by atoms with van der Waals surface area (Å²) >= 11 is 1.51. The zero-order valence-electron chi connectivity index (χ0n) is 69.1. The Balaban J connectivity index is 1.44. The SMILES string of the molecule is CCC(C)[C@@H](NC(=O)C(NC(=O)C(C)N(CC)C(=O)C(Cc1cnc[nH]1)NC(=O)C1CCCN1C(=O)CNC(=O)C(C)NC(=O)C(N)CCSC)C(C)C)C(=O)NC(C(=O)N[C@@H](C(=O)N[C@@H](C(=O)NCC(=O)N1CCCC1C(=O)NC(Cc1cnc[nH]1)C(=O)NC(CCC(=O)O)C(=O)NC(CCC(=O)O)C(=O)O)C(C)O)C(C)CC)C(C)C. The minimum absolute atomic E-state index is 0.0260. The Kier molecular flexibility index (Phi) is 41.1. The molecule has 2 aliphatic rings. The van der Waals surface area contributed by atoms with Crippen LogP contribution in [-0.2, 0) is 99.1 Å². The molecular formula is C75H120N20O22S. The van der Waals surface area contributed by atoms with E-state index < -0.39 is 260 Å². The molecule has 2 aromatic heterocycles. The third kappa shape index (κ3) is 30.6. The lowest BCUT2D eigenvalue weighted by Gasteiger charge is -2.34. The largest absolute Gasteiger partial charge is 0.481 e. The van der Waals surface area contributed by atoms with Crippen molar-refractivity contribution in [2.45, 2.75) is 257 Å². The first-order valence-corrected chi connectivity index (χ1v) is 41.0. The summed E-state index contributed by atoms with van der Waals surface area (Å²) in [7, 11) is 0. The van der Waals surface area contributed by atoms with E-state index in [1.54, 1.807) is 62.3 Å². The minimum atomic E-state index is -1.77. The number of aliphatic hydroxyl groups is 1. The number of carboxylic acid groups (broad SMARTS) is 3. The molecule has 0 bridgehead atoms. The van der Waals surface area contributed by atoms with Crippen LogP contribution in [0.2, 0.25) is 0 Å². The maximum absolute atomic E-state index is 14.7. The predicted octanol–water partition coefficient (Wildman–Crippen LogP) is -4.08. The molecule has 658 valence electrons. The van der Waals surface area contributed by atoms with Gasteiger partial charge in [-0.3, -0.25) is 81.5 Å². The zero-order valence-corrected chi connectivity index (χ0v) is 69.9. The van der Waals surface area contributed by atoms with Gasteiger partial charge in [0.1, 0.15) is 78.5 Å². The van der Waals surface area contributed by atoms with E-state index in [9.17, 15) is 102 Å². The number of carbonyl (C=O) groups is 18. The summed E-state index contributed by atoms with van der Waals surface area (Å²) in [5, 5.41) is 69.7. The number of hydrogen-bond donors (Lipinski definition) is 19. The van der Waals surface area contributed by atoms with Crippen molar-refractivity contribution in [1.29, 1.82) is 0 Å². The van der Waals surface area contributed by atoms with Gasteiger partial charge in [-0.05, 0) is 108 Å². The van der Waals surface area contributed by atoms with Crippen LogP contribution in [0.5, 0.6) is 0 Å². The fourth-order valence-electron chi connectivity index (χ4n) is 13.1. The number of aromatic nitrogens is 4. The predicted molar refractivity (Wildman–Crippen MR) is 425 cm³/mol. The van der Waals surface area contributed by atoms with Gasteiger partial charge >= 0.3 is 17.9 Å². The molecule has 42 nitrogen and oxygen atoms in total. The van der Waals surface area contributed by atoms with Gasteiger partial charge in [0.05, 0.1) is 37.9 Å². The number of amides is 15. The number of H-pyrrole nitrogens is 2. The van der Waals surface area contributed by atoms with Gasteiger partial charge in [0.2, 0.25) is 88.6 Å². The summed E-state index contributed by atoms with van der Waals surface area (Å²) in [4.78, 5) is 262. The van der Waals surface area contributed by atoms with Gasteiger partial charge in [0, 0.05) is 69.1 Å². The second kappa shape index (κ2) is 48.8. The lowest BCUT2D eigenvalue weighted by molar-refractivity contribution is -0.145. The molecule has 2 aliphatic heterocycles. The van der Waals surface area contributed by atoms with Crippen LogP contribution in [-0.4, -0.2) is 297 Å². The quantitative estimate of drug-likeness (QED) is 0.0299. The number of imidazole rings is 2. The van der Waals surface area contributed by atoms with Crippen molar-refractivity contribution in [2.75, 3.05) is 44.7 Å². The van der Waals surface area contributed by atoms with Crippen molar-refractivity contribution in [3.05, 3.63) is 36.4 Å². The number of aliphatic carboxylic acids is 3. The molecule has 0 aromatic carbocycles. The van der Waals surface area contributed by atoms with Crippen LogP contribution in [0.4, 0.5) is 0 Å². The number of thioether (sulfide) groups is 1. The Bertz CT molecular complexity index is 3790. The van der Waals surface area contributed by atoms with E-state index in [2.05, 4.69) is 83.7 Å². The average molecular weight is 1690 g/mol. The summed E-state index contributed by atoms with van der Waals surface area (Å²) in [6.45, 7) is 17.6. The number of rotatable bonds is 50. The van der Waals surface area contributed by atoms with Gasteiger partial charge in [-0.1, -0.05) is 68.2 Å². The van der Waals surface area contributed by atoms with Crippen molar-refractivity contribution in [2.24, 2.45) is 29.4 Å². The van der Waals surface area contributed by atoms with Crippen LogP contribution in [0.15, 0.2) is 25.0 Å². The number of likely N-dealkylation sites (tertiary alicyclic amines) is 2. The molecule has 14 unspecified atom stereocenters. The molecule has 118 heavy (non-hydrogen) atoms. The van der Waals surface area contributed by atoms with Crippen LogP contribution < -0.4 is 69.5 Å². The molecule has 0 radical (unpaired) electrons. The highest BCUT2D eigenvalue weighted by Gasteiger charge is 2.43. The van der Waals surface area contributed by atoms with Crippen LogP contribution in [0.1, 0.15) is 165 Å². The van der Waals surface area contributed by atoms with E-state index in [0.717, 1.165) is 4.90 Å². The Morgan fingerprint density at radius 3 is 1.34 bits per heavy atom. The number of carbonyl (C=O) groups excluding carboxylic acids is 15. The molecule has 4 heterocycles. The number of hydrogen-bond acceptors (Lipinski definition) is 23. The van der Waals surface area contributed by atoms with Gasteiger partial charge in [0.15, 0.2) is 0 Å². The number of aliphatic hydroxyl groups excluding tert-OH is 1. The number of aromatic amines is 2. The summed E-state index contributed by atoms with van der Waals surface area (Å²) < 4.78 is 0. The van der Waals surface area contributed by atoms with Gasteiger partial charge in [-0.2, -0.15) is 11.8 Å². The Labute approximate surface area is 688 Å². The highest BCUT2D eigenvalue weighted by Crippen LogP contribution is 2.22. The molecule has 15 amide bonds. The van der Waals surface area contributed by atoms with Crippen molar-refractivity contribution >= 4 is 118 Å². The van der Waals surface area contributed by atoms with E-state index >= 15 is 0 Å². The first-order valence-electron chi connectivity index (χ1n) is 39.6. The Hall–Kier alpha value is -10.8. The molecule has 2 aromatic rings. The number of carboxylic acids is 3. The van der Waals surface area contributed by atoms with Gasteiger partial charge < -0.3 is 115 Å². The van der Waals surface area contributed by atoms with E-state index in [4.69, 9.17) is 10.8 Å². The molecule has 43 heteroatoms. The van der Waals surface area contributed by atoms with E-state index in [1.807, 2.05) is 6.26 Å². The maximum atomic E-state index is 14.7. The molecule has 17 atom stereocenters.